The highest BCUT2D eigenvalue weighted by Crippen LogP contribution is 2.19. The second-order valence-electron chi connectivity index (χ2n) is 5.04. The van der Waals surface area contributed by atoms with Crippen LogP contribution in [0, 0.1) is 0 Å². The molecule has 1 aliphatic rings. The molecule has 0 aromatic carbocycles. The van der Waals surface area contributed by atoms with Gasteiger partial charge in [0.25, 0.3) is 0 Å². The number of thioether (sulfide) groups is 1. The lowest BCUT2D eigenvalue weighted by Crippen LogP contribution is -2.21. The highest BCUT2D eigenvalue weighted by atomic mass is 32.2. The summed E-state index contributed by atoms with van der Waals surface area (Å²) < 4.78 is 0. The fourth-order valence-corrected chi connectivity index (χ4v) is 2.30. The van der Waals surface area contributed by atoms with Crippen molar-refractivity contribution in [3.63, 3.8) is 0 Å². The molecule has 18 heavy (non-hydrogen) atoms. The maximum absolute atomic E-state index is 4.54. The van der Waals surface area contributed by atoms with Gasteiger partial charge in [-0.1, -0.05) is 6.07 Å². The fraction of sp³-hybridized carbons (Fsp3) is 0.643. The first-order valence-electron chi connectivity index (χ1n) is 6.62. The molecular weight excluding hydrogens is 242 g/mol. The second-order valence-corrected chi connectivity index (χ2v) is 6.03. The van der Waals surface area contributed by atoms with E-state index < -0.39 is 0 Å². The molecule has 1 aliphatic carbocycles. The molecule has 1 aromatic rings. The lowest BCUT2D eigenvalue weighted by atomic mass is 10.2. The molecule has 0 spiro atoms. The first kappa shape index (κ1) is 13.8. The fourth-order valence-electron chi connectivity index (χ4n) is 1.81. The lowest BCUT2D eigenvalue weighted by Gasteiger charge is -2.15. The quantitative estimate of drug-likeness (QED) is 0.779. The summed E-state index contributed by atoms with van der Waals surface area (Å²) in [4.78, 5) is 6.86. The van der Waals surface area contributed by atoms with Gasteiger partial charge in [-0.3, -0.25) is 9.88 Å². The van der Waals surface area contributed by atoms with Gasteiger partial charge in [0.05, 0.1) is 5.69 Å². The van der Waals surface area contributed by atoms with Crippen LogP contribution in [0.2, 0.25) is 0 Å². The number of aromatic nitrogens is 1. The van der Waals surface area contributed by atoms with Crippen molar-refractivity contribution in [2.45, 2.75) is 32.0 Å². The molecule has 1 saturated carbocycles. The standard InChI is InChI=1S/C14H23N3S/c1-17(7-8-18-2)11-14-4-3-12(10-16-14)9-15-13-5-6-13/h3-4,10,13,15H,5-9,11H2,1-2H3. The molecule has 4 heteroatoms. The van der Waals surface area contributed by atoms with Gasteiger partial charge in [-0.25, -0.2) is 0 Å². The van der Waals surface area contributed by atoms with Crippen LogP contribution in [0.5, 0.6) is 0 Å². The molecular formula is C14H23N3S. The topological polar surface area (TPSA) is 28.2 Å². The van der Waals surface area contributed by atoms with Crippen molar-refractivity contribution >= 4 is 11.8 Å². The van der Waals surface area contributed by atoms with Crippen molar-refractivity contribution in [3.8, 4) is 0 Å². The summed E-state index contributed by atoms with van der Waals surface area (Å²) in [6.45, 7) is 3.02. The molecule has 100 valence electrons. The Morgan fingerprint density at radius 1 is 1.44 bits per heavy atom. The third-order valence-corrected chi connectivity index (χ3v) is 3.76. The Labute approximate surface area is 114 Å². The van der Waals surface area contributed by atoms with Crippen molar-refractivity contribution < 1.29 is 0 Å². The number of nitrogens with one attached hydrogen (secondary N) is 1. The van der Waals surface area contributed by atoms with E-state index in [1.165, 1.54) is 24.2 Å². The van der Waals surface area contributed by atoms with Crippen LogP contribution in [0.15, 0.2) is 18.3 Å². The molecule has 0 radical (unpaired) electrons. The zero-order chi connectivity index (χ0) is 12.8. The van der Waals surface area contributed by atoms with Gasteiger partial charge in [-0.2, -0.15) is 11.8 Å². The minimum Gasteiger partial charge on any atom is -0.310 e. The highest BCUT2D eigenvalue weighted by Gasteiger charge is 2.19. The van der Waals surface area contributed by atoms with Crippen molar-refractivity contribution in [1.82, 2.24) is 15.2 Å². The number of nitrogens with zero attached hydrogens (tertiary/aromatic N) is 2. The van der Waals surface area contributed by atoms with Gasteiger partial charge in [-0.15, -0.1) is 0 Å². The van der Waals surface area contributed by atoms with E-state index in [1.807, 2.05) is 18.0 Å². The normalized spacial score (nSPS) is 15.3. The van der Waals surface area contributed by atoms with Gasteiger partial charge in [0.15, 0.2) is 0 Å². The molecule has 1 heterocycles. The summed E-state index contributed by atoms with van der Waals surface area (Å²) in [6, 6.07) is 5.11. The van der Waals surface area contributed by atoms with Crippen LogP contribution >= 0.6 is 11.8 Å². The van der Waals surface area contributed by atoms with Gasteiger partial charge >= 0.3 is 0 Å². The van der Waals surface area contributed by atoms with Crippen LogP contribution < -0.4 is 5.32 Å². The molecule has 0 atom stereocenters. The van der Waals surface area contributed by atoms with Gasteiger partial charge in [0.2, 0.25) is 0 Å². The molecule has 0 saturated heterocycles. The molecule has 2 rings (SSSR count). The summed E-state index contributed by atoms with van der Waals surface area (Å²) >= 11 is 1.89. The van der Waals surface area contributed by atoms with Crippen LogP contribution in [-0.4, -0.2) is 41.5 Å². The smallest absolute Gasteiger partial charge is 0.0544 e. The predicted molar refractivity (Wildman–Crippen MR) is 78.8 cm³/mol. The van der Waals surface area contributed by atoms with Crippen LogP contribution in [0.1, 0.15) is 24.1 Å². The third kappa shape index (κ3) is 4.96. The Hall–Kier alpha value is -0.580. The Balaban J connectivity index is 1.75. The van der Waals surface area contributed by atoms with Crippen molar-refractivity contribution in [2.75, 3.05) is 25.6 Å². The number of hydrogen-bond donors (Lipinski definition) is 1. The van der Waals surface area contributed by atoms with E-state index in [0.29, 0.717) is 0 Å². The zero-order valence-corrected chi connectivity index (χ0v) is 12.2. The van der Waals surface area contributed by atoms with Gasteiger partial charge in [0.1, 0.15) is 0 Å². The van der Waals surface area contributed by atoms with Crippen molar-refractivity contribution in [2.24, 2.45) is 0 Å². The van der Waals surface area contributed by atoms with Crippen LogP contribution in [0.4, 0.5) is 0 Å². The SMILES string of the molecule is CSCCN(C)Cc1ccc(CNC2CC2)cn1. The number of pyridine rings is 1. The Kier molecular flexibility index (Phi) is 5.47. The van der Waals surface area contributed by atoms with Crippen LogP contribution in [-0.2, 0) is 13.1 Å². The number of rotatable bonds is 8. The van der Waals surface area contributed by atoms with Gasteiger partial charge in [0, 0.05) is 37.6 Å². The maximum atomic E-state index is 4.54. The monoisotopic (exact) mass is 265 g/mol. The summed E-state index contributed by atoms with van der Waals surface area (Å²) in [5.74, 6) is 1.18. The Morgan fingerprint density at radius 3 is 2.89 bits per heavy atom. The van der Waals surface area contributed by atoms with Crippen molar-refractivity contribution in [1.29, 1.82) is 0 Å². The van der Waals surface area contributed by atoms with Crippen molar-refractivity contribution in [3.05, 3.63) is 29.6 Å². The first-order chi connectivity index (χ1) is 8.78. The largest absolute Gasteiger partial charge is 0.310 e. The second kappa shape index (κ2) is 7.12. The molecule has 1 N–H and O–H groups in total. The average Bonchev–Trinajstić information content (AvgIpc) is 3.20. The summed E-state index contributed by atoms with van der Waals surface area (Å²) in [5, 5.41) is 3.51. The van der Waals surface area contributed by atoms with E-state index in [4.69, 9.17) is 0 Å². The molecule has 0 bridgehead atoms. The summed E-state index contributed by atoms with van der Waals surface area (Å²) in [5.41, 5.74) is 2.45. The van der Waals surface area contributed by atoms with Crippen LogP contribution in [0.3, 0.4) is 0 Å². The maximum Gasteiger partial charge on any atom is 0.0544 e. The molecule has 0 unspecified atom stereocenters. The Morgan fingerprint density at radius 2 is 2.28 bits per heavy atom. The number of hydrogen-bond acceptors (Lipinski definition) is 4. The van der Waals surface area contributed by atoms with Crippen LogP contribution in [0.25, 0.3) is 0 Å². The molecule has 3 nitrogen and oxygen atoms in total. The third-order valence-electron chi connectivity index (χ3n) is 3.17. The van der Waals surface area contributed by atoms with E-state index in [9.17, 15) is 0 Å². The summed E-state index contributed by atoms with van der Waals surface area (Å²) in [6.07, 6.45) is 6.83. The summed E-state index contributed by atoms with van der Waals surface area (Å²) in [7, 11) is 2.15. The Bertz CT molecular complexity index is 349. The van der Waals surface area contributed by atoms with E-state index >= 15 is 0 Å². The van der Waals surface area contributed by atoms with Gasteiger partial charge in [-0.05, 0) is 37.8 Å². The molecule has 0 aliphatic heterocycles. The molecule has 1 aromatic heterocycles. The lowest BCUT2D eigenvalue weighted by molar-refractivity contribution is 0.344. The van der Waals surface area contributed by atoms with E-state index in [2.05, 4.69) is 40.6 Å². The average molecular weight is 265 g/mol. The van der Waals surface area contributed by atoms with E-state index in [1.54, 1.807) is 0 Å². The van der Waals surface area contributed by atoms with E-state index in [0.717, 1.165) is 31.4 Å². The molecule has 0 amide bonds. The van der Waals surface area contributed by atoms with E-state index in [-0.39, 0.29) is 0 Å². The minimum atomic E-state index is 0.766. The first-order valence-corrected chi connectivity index (χ1v) is 8.02. The minimum absolute atomic E-state index is 0.766. The molecule has 1 fully saturated rings. The highest BCUT2D eigenvalue weighted by molar-refractivity contribution is 7.98. The van der Waals surface area contributed by atoms with Gasteiger partial charge < -0.3 is 5.32 Å². The zero-order valence-electron chi connectivity index (χ0n) is 11.4. The predicted octanol–water partition coefficient (Wildman–Crippen LogP) is 2.13.